The summed E-state index contributed by atoms with van der Waals surface area (Å²) in [5.41, 5.74) is 0.707. The molecule has 0 radical (unpaired) electrons. The van der Waals surface area contributed by atoms with E-state index in [1.54, 1.807) is 18.2 Å². The summed E-state index contributed by atoms with van der Waals surface area (Å²) in [7, 11) is 0. The van der Waals surface area contributed by atoms with Crippen LogP contribution in [0.4, 0.5) is 4.39 Å². The lowest BCUT2D eigenvalue weighted by Crippen LogP contribution is -2.01. The lowest BCUT2D eigenvalue weighted by molar-refractivity contribution is -0.116. The van der Waals surface area contributed by atoms with Gasteiger partial charge >= 0.3 is 0 Å². The molecule has 1 aromatic rings. The molecule has 1 rings (SSSR count). The van der Waals surface area contributed by atoms with Crippen LogP contribution in [0.5, 0.6) is 5.75 Å². The van der Waals surface area contributed by atoms with Gasteiger partial charge in [-0.05, 0) is 19.1 Å². The fourth-order valence-corrected chi connectivity index (χ4v) is 1.48. The summed E-state index contributed by atoms with van der Waals surface area (Å²) in [6.07, 6.45) is 0.266. The standard InChI is InChI=1S/C10H10BrFO2/c1-7(13)4-8-2-3-9(11)5-10(8)14-6-12/h2-3,5H,4,6H2,1H3. The number of rotatable bonds is 4. The van der Waals surface area contributed by atoms with Crippen molar-refractivity contribution in [1.82, 2.24) is 0 Å². The van der Waals surface area contributed by atoms with Gasteiger partial charge in [0.05, 0.1) is 0 Å². The predicted molar refractivity (Wildman–Crippen MR) is 55.1 cm³/mol. The molecule has 0 aliphatic carbocycles. The smallest absolute Gasteiger partial charge is 0.228 e. The minimum atomic E-state index is -0.888. The van der Waals surface area contributed by atoms with Gasteiger partial charge < -0.3 is 4.74 Å². The summed E-state index contributed by atoms with van der Waals surface area (Å²) >= 11 is 3.25. The van der Waals surface area contributed by atoms with E-state index < -0.39 is 6.86 Å². The van der Waals surface area contributed by atoms with Crippen LogP contribution in [-0.4, -0.2) is 12.6 Å². The number of Topliss-reactive ketones (excluding diaryl/α,β-unsaturated/α-hetero) is 1. The highest BCUT2D eigenvalue weighted by molar-refractivity contribution is 9.10. The average Bonchev–Trinajstić information content (AvgIpc) is 2.09. The van der Waals surface area contributed by atoms with Crippen molar-refractivity contribution in [1.29, 1.82) is 0 Å². The van der Waals surface area contributed by atoms with Crippen LogP contribution in [-0.2, 0) is 11.2 Å². The fraction of sp³-hybridized carbons (Fsp3) is 0.300. The van der Waals surface area contributed by atoms with E-state index in [4.69, 9.17) is 4.74 Å². The summed E-state index contributed by atoms with van der Waals surface area (Å²) in [5, 5.41) is 0. The molecule has 4 heteroatoms. The van der Waals surface area contributed by atoms with E-state index in [1.807, 2.05) is 0 Å². The van der Waals surface area contributed by atoms with Crippen LogP contribution in [0.25, 0.3) is 0 Å². The number of carbonyl (C=O) groups excluding carboxylic acids is 1. The summed E-state index contributed by atoms with van der Waals surface area (Å²) in [5.74, 6) is 0.438. The minimum absolute atomic E-state index is 0.0241. The number of benzene rings is 1. The van der Waals surface area contributed by atoms with E-state index in [9.17, 15) is 9.18 Å². The second-order valence-corrected chi connectivity index (χ2v) is 3.80. The maximum atomic E-state index is 12.0. The molecule has 2 nitrogen and oxygen atoms in total. The molecule has 0 aliphatic heterocycles. The Morgan fingerprint density at radius 2 is 2.29 bits per heavy atom. The molecular formula is C10H10BrFO2. The number of hydrogen-bond acceptors (Lipinski definition) is 2. The van der Waals surface area contributed by atoms with Crippen LogP contribution < -0.4 is 4.74 Å². The van der Waals surface area contributed by atoms with Crippen molar-refractivity contribution in [3.63, 3.8) is 0 Å². The van der Waals surface area contributed by atoms with Crippen molar-refractivity contribution in [2.75, 3.05) is 6.86 Å². The first-order chi connectivity index (χ1) is 6.63. The SMILES string of the molecule is CC(=O)Cc1ccc(Br)cc1OCF. The third kappa shape index (κ3) is 3.10. The Morgan fingerprint density at radius 1 is 1.57 bits per heavy atom. The molecule has 14 heavy (non-hydrogen) atoms. The van der Waals surface area contributed by atoms with Crippen molar-refractivity contribution >= 4 is 21.7 Å². The van der Waals surface area contributed by atoms with Gasteiger partial charge in [-0.2, -0.15) is 0 Å². The number of ether oxygens (including phenoxy) is 1. The van der Waals surface area contributed by atoms with Gasteiger partial charge in [0, 0.05) is 16.5 Å². The van der Waals surface area contributed by atoms with Crippen molar-refractivity contribution < 1.29 is 13.9 Å². The quantitative estimate of drug-likeness (QED) is 0.833. The van der Waals surface area contributed by atoms with E-state index in [2.05, 4.69) is 15.9 Å². The first-order valence-corrected chi connectivity index (χ1v) is 4.89. The van der Waals surface area contributed by atoms with E-state index in [0.717, 1.165) is 4.47 Å². The van der Waals surface area contributed by atoms with Crippen molar-refractivity contribution in [2.45, 2.75) is 13.3 Å². The molecule has 0 aliphatic rings. The molecule has 0 atom stereocenters. The van der Waals surface area contributed by atoms with Gasteiger partial charge in [-0.3, -0.25) is 4.79 Å². The van der Waals surface area contributed by atoms with Gasteiger partial charge in [0.15, 0.2) is 0 Å². The summed E-state index contributed by atoms with van der Waals surface area (Å²) in [6, 6.07) is 5.19. The van der Waals surface area contributed by atoms with Gasteiger partial charge in [0.1, 0.15) is 11.5 Å². The van der Waals surface area contributed by atoms with Gasteiger partial charge in [-0.25, -0.2) is 4.39 Å². The summed E-state index contributed by atoms with van der Waals surface area (Å²) in [6.45, 7) is 0.600. The zero-order valence-electron chi connectivity index (χ0n) is 7.72. The normalized spacial score (nSPS) is 9.93. The minimum Gasteiger partial charge on any atom is -0.463 e. The zero-order valence-corrected chi connectivity index (χ0v) is 9.30. The molecule has 0 saturated heterocycles. The van der Waals surface area contributed by atoms with Crippen LogP contribution in [0.15, 0.2) is 22.7 Å². The molecule has 0 N–H and O–H groups in total. The third-order valence-corrected chi connectivity index (χ3v) is 2.17. The second-order valence-electron chi connectivity index (χ2n) is 2.88. The van der Waals surface area contributed by atoms with Crippen LogP contribution in [0.3, 0.4) is 0 Å². The largest absolute Gasteiger partial charge is 0.463 e. The highest BCUT2D eigenvalue weighted by Gasteiger charge is 2.06. The molecule has 0 fully saturated rings. The topological polar surface area (TPSA) is 26.3 Å². The monoisotopic (exact) mass is 260 g/mol. The van der Waals surface area contributed by atoms with Crippen LogP contribution in [0.1, 0.15) is 12.5 Å². The molecule has 0 heterocycles. The van der Waals surface area contributed by atoms with E-state index in [0.29, 0.717) is 11.3 Å². The highest BCUT2D eigenvalue weighted by atomic mass is 79.9. The number of ketones is 1. The van der Waals surface area contributed by atoms with E-state index in [1.165, 1.54) is 6.92 Å². The maximum absolute atomic E-state index is 12.0. The fourth-order valence-electron chi connectivity index (χ4n) is 1.14. The number of carbonyl (C=O) groups is 1. The van der Waals surface area contributed by atoms with Gasteiger partial charge in [0.2, 0.25) is 6.86 Å². The molecule has 0 unspecified atom stereocenters. The number of hydrogen-bond donors (Lipinski definition) is 0. The van der Waals surface area contributed by atoms with Gasteiger partial charge in [-0.15, -0.1) is 0 Å². The highest BCUT2D eigenvalue weighted by Crippen LogP contribution is 2.24. The lowest BCUT2D eigenvalue weighted by Gasteiger charge is -2.07. The van der Waals surface area contributed by atoms with Crippen LogP contribution >= 0.6 is 15.9 Å². The Balaban J connectivity index is 2.95. The Labute approximate surface area is 90.2 Å². The Morgan fingerprint density at radius 3 is 2.86 bits per heavy atom. The van der Waals surface area contributed by atoms with Crippen molar-refractivity contribution in [3.05, 3.63) is 28.2 Å². The zero-order chi connectivity index (χ0) is 10.6. The summed E-state index contributed by atoms with van der Waals surface area (Å²) < 4.78 is 17.6. The Kier molecular flexibility index (Phi) is 4.07. The third-order valence-electron chi connectivity index (χ3n) is 1.68. The molecule has 0 aromatic heterocycles. The Hall–Kier alpha value is -0.900. The number of alkyl halides is 1. The predicted octanol–water partition coefficient (Wildman–Crippen LogP) is 2.89. The Bertz CT molecular complexity index is 339. The lowest BCUT2D eigenvalue weighted by atomic mass is 10.1. The molecule has 0 amide bonds. The van der Waals surface area contributed by atoms with Crippen LogP contribution in [0.2, 0.25) is 0 Å². The first kappa shape index (κ1) is 11.2. The average molecular weight is 261 g/mol. The second kappa shape index (κ2) is 5.10. The molecule has 1 aromatic carbocycles. The van der Waals surface area contributed by atoms with Crippen molar-refractivity contribution in [2.24, 2.45) is 0 Å². The van der Waals surface area contributed by atoms with Gasteiger partial charge in [-0.1, -0.05) is 22.0 Å². The van der Waals surface area contributed by atoms with Crippen LogP contribution in [0, 0.1) is 0 Å². The maximum Gasteiger partial charge on any atom is 0.228 e. The van der Waals surface area contributed by atoms with Gasteiger partial charge in [0.25, 0.3) is 0 Å². The van der Waals surface area contributed by atoms with E-state index >= 15 is 0 Å². The summed E-state index contributed by atoms with van der Waals surface area (Å²) in [4.78, 5) is 10.9. The number of halogens is 2. The van der Waals surface area contributed by atoms with E-state index in [-0.39, 0.29) is 12.2 Å². The van der Waals surface area contributed by atoms with Crippen molar-refractivity contribution in [3.8, 4) is 5.75 Å². The first-order valence-electron chi connectivity index (χ1n) is 4.10. The molecular weight excluding hydrogens is 251 g/mol. The molecule has 0 spiro atoms. The molecule has 0 saturated carbocycles. The molecule has 76 valence electrons. The molecule has 0 bridgehead atoms.